The molecule has 1 N–H and O–H groups in total. The van der Waals surface area contributed by atoms with E-state index in [-0.39, 0.29) is 5.75 Å². The molecule has 0 bridgehead atoms. The number of imidazole rings is 1. The fraction of sp³-hybridized carbons (Fsp3) is 0.364. The minimum atomic E-state index is -0.831. The van der Waals surface area contributed by atoms with Gasteiger partial charge in [0.15, 0.2) is 5.16 Å². The highest BCUT2D eigenvalue weighted by Gasteiger charge is 2.12. The number of thiazole rings is 1. The maximum atomic E-state index is 10.5. The van der Waals surface area contributed by atoms with Gasteiger partial charge >= 0.3 is 5.97 Å². The normalized spacial score (nSPS) is 12.5. The SMILES string of the molecule is CC(Cn1ccnc1SCC(=O)O)c1nccs1. The van der Waals surface area contributed by atoms with Crippen molar-refractivity contribution in [3.63, 3.8) is 0 Å². The first-order chi connectivity index (χ1) is 8.66. The average molecular weight is 283 g/mol. The third-order valence-electron chi connectivity index (χ3n) is 2.35. The van der Waals surface area contributed by atoms with E-state index in [0.29, 0.717) is 5.92 Å². The Labute approximate surface area is 113 Å². The Hall–Kier alpha value is -1.34. The van der Waals surface area contributed by atoms with Gasteiger partial charge in [0.2, 0.25) is 0 Å². The first-order valence-corrected chi connectivity index (χ1v) is 7.28. The maximum Gasteiger partial charge on any atom is 0.313 e. The van der Waals surface area contributed by atoms with E-state index in [4.69, 9.17) is 5.11 Å². The first kappa shape index (κ1) is 13.1. The lowest BCUT2D eigenvalue weighted by atomic mass is 10.2. The van der Waals surface area contributed by atoms with Crippen LogP contribution in [0, 0.1) is 0 Å². The van der Waals surface area contributed by atoms with Crippen molar-refractivity contribution in [1.29, 1.82) is 0 Å². The number of carboxylic acid groups (broad SMARTS) is 1. The number of rotatable bonds is 6. The molecule has 0 spiro atoms. The third kappa shape index (κ3) is 3.33. The second-order valence-corrected chi connectivity index (χ2v) is 5.68. The van der Waals surface area contributed by atoms with Gasteiger partial charge in [0.25, 0.3) is 0 Å². The van der Waals surface area contributed by atoms with Gasteiger partial charge < -0.3 is 9.67 Å². The Balaban J connectivity index is 2.01. The van der Waals surface area contributed by atoms with Gasteiger partial charge in [-0.3, -0.25) is 4.79 Å². The molecule has 0 amide bonds. The van der Waals surface area contributed by atoms with Gasteiger partial charge in [-0.1, -0.05) is 18.7 Å². The standard InChI is InChI=1S/C11H13N3O2S2/c1-8(10-12-3-5-17-10)6-14-4-2-13-11(14)18-7-9(15)16/h2-5,8H,6-7H2,1H3,(H,15,16). The lowest BCUT2D eigenvalue weighted by Crippen LogP contribution is -2.07. The van der Waals surface area contributed by atoms with Crippen LogP contribution < -0.4 is 0 Å². The molecule has 0 aliphatic heterocycles. The van der Waals surface area contributed by atoms with Crippen LogP contribution in [0.1, 0.15) is 17.8 Å². The summed E-state index contributed by atoms with van der Waals surface area (Å²) in [5.74, 6) is -0.506. The van der Waals surface area contributed by atoms with Gasteiger partial charge in [0.05, 0.1) is 10.8 Å². The first-order valence-electron chi connectivity index (χ1n) is 5.42. The summed E-state index contributed by atoms with van der Waals surface area (Å²) in [7, 11) is 0. The zero-order chi connectivity index (χ0) is 13.0. The van der Waals surface area contributed by atoms with Crippen LogP contribution in [-0.2, 0) is 11.3 Å². The number of carboxylic acids is 1. The monoisotopic (exact) mass is 283 g/mol. The largest absolute Gasteiger partial charge is 0.481 e. The number of aromatic nitrogens is 3. The predicted molar refractivity (Wildman–Crippen MR) is 71.1 cm³/mol. The molecule has 1 unspecified atom stereocenters. The van der Waals surface area contributed by atoms with Crippen LogP contribution in [0.3, 0.4) is 0 Å². The molecule has 2 rings (SSSR count). The van der Waals surface area contributed by atoms with Crippen LogP contribution in [0.15, 0.2) is 29.1 Å². The van der Waals surface area contributed by atoms with Gasteiger partial charge in [-0.05, 0) is 0 Å². The van der Waals surface area contributed by atoms with Crippen molar-refractivity contribution in [2.24, 2.45) is 0 Å². The lowest BCUT2D eigenvalue weighted by molar-refractivity contribution is -0.133. The van der Waals surface area contributed by atoms with Crippen LogP contribution in [0.2, 0.25) is 0 Å². The molecule has 0 aliphatic rings. The summed E-state index contributed by atoms with van der Waals surface area (Å²) in [4.78, 5) is 19.0. The Morgan fingerprint density at radius 1 is 1.56 bits per heavy atom. The molecule has 5 nitrogen and oxygen atoms in total. The van der Waals surface area contributed by atoms with Crippen molar-refractivity contribution in [1.82, 2.24) is 14.5 Å². The Kier molecular flexibility index (Phi) is 4.38. The van der Waals surface area contributed by atoms with Crippen molar-refractivity contribution in [2.45, 2.75) is 24.5 Å². The molecular formula is C11H13N3O2S2. The highest BCUT2D eigenvalue weighted by molar-refractivity contribution is 7.99. The predicted octanol–water partition coefficient (Wildman–Crippen LogP) is 2.32. The second kappa shape index (κ2) is 6.01. The number of carbonyl (C=O) groups is 1. The number of hydrogen-bond acceptors (Lipinski definition) is 5. The average Bonchev–Trinajstić information content (AvgIpc) is 2.97. The van der Waals surface area contributed by atoms with Crippen LogP contribution in [0.4, 0.5) is 0 Å². The zero-order valence-corrected chi connectivity index (χ0v) is 11.4. The van der Waals surface area contributed by atoms with Crippen molar-refractivity contribution in [3.8, 4) is 0 Å². The lowest BCUT2D eigenvalue weighted by Gasteiger charge is -2.11. The Morgan fingerprint density at radius 3 is 3.06 bits per heavy atom. The number of nitrogens with zero attached hydrogens (tertiary/aromatic N) is 3. The summed E-state index contributed by atoms with van der Waals surface area (Å²) < 4.78 is 1.97. The van der Waals surface area contributed by atoms with E-state index in [9.17, 15) is 4.79 Å². The van der Waals surface area contributed by atoms with Crippen molar-refractivity contribution in [2.75, 3.05) is 5.75 Å². The molecule has 18 heavy (non-hydrogen) atoms. The van der Waals surface area contributed by atoms with E-state index in [0.717, 1.165) is 16.7 Å². The Bertz CT molecular complexity index is 510. The van der Waals surface area contributed by atoms with Gasteiger partial charge in [-0.2, -0.15) is 0 Å². The van der Waals surface area contributed by atoms with Crippen molar-refractivity contribution in [3.05, 3.63) is 29.0 Å². The number of hydrogen-bond donors (Lipinski definition) is 1. The fourth-order valence-corrected chi connectivity index (χ4v) is 2.93. The minimum Gasteiger partial charge on any atom is -0.481 e. The summed E-state index contributed by atoms with van der Waals surface area (Å²) in [6.45, 7) is 2.86. The molecule has 96 valence electrons. The van der Waals surface area contributed by atoms with E-state index in [1.807, 2.05) is 16.1 Å². The Morgan fingerprint density at radius 2 is 2.39 bits per heavy atom. The number of thioether (sulfide) groups is 1. The van der Waals surface area contributed by atoms with Crippen molar-refractivity contribution >= 4 is 29.1 Å². The fourth-order valence-electron chi connectivity index (χ4n) is 1.55. The summed E-state index contributed by atoms with van der Waals surface area (Å²) in [6.07, 6.45) is 5.36. The quantitative estimate of drug-likeness (QED) is 0.824. The highest BCUT2D eigenvalue weighted by atomic mass is 32.2. The molecule has 1 atom stereocenters. The second-order valence-electron chi connectivity index (χ2n) is 3.82. The molecule has 2 aromatic rings. The molecule has 0 aromatic carbocycles. The maximum absolute atomic E-state index is 10.5. The molecule has 7 heteroatoms. The van der Waals surface area contributed by atoms with Gasteiger partial charge in [-0.25, -0.2) is 9.97 Å². The summed E-state index contributed by atoms with van der Waals surface area (Å²) in [5, 5.41) is 12.4. The van der Waals surface area contributed by atoms with Crippen molar-refractivity contribution < 1.29 is 9.90 Å². The van der Waals surface area contributed by atoms with E-state index in [1.54, 1.807) is 23.7 Å². The molecule has 2 heterocycles. The van der Waals surface area contributed by atoms with Gasteiger partial charge in [0.1, 0.15) is 0 Å². The molecule has 2 aromatic heterocycles. The van der Waals surface area contributed by atoms with E-state index < -0.39 is 5.97 Å². The van der Waals surface area contributed by atoms with Gasteiger partial charge in [-0.15, -0.1) is 11.3 Å². The van der Waals surface area contributed by atoms with E-state index >= 15 is 0 Å². The summed E-state index contributed by atoms with van der Waals surface area (Å²) >= 11 is 2.87. The molecule has 0 fully saturated rings. The molecular weight excluding hydrogens is 270 g/mol. The smallest absolute Gasteiger partial charge is 0.313 e. The van der Waals surface area contributed by atoms with Crippen LogP contribution in [0.25, 0.3) is 0 Å². The summed E-state index contributed by atoms with van der Waals surface area (Å²) in [6, 6.07) is 0. The van der Waals surface area contributed by atoms with Crippen LogP contribution >= 0.6 is 23.1 Å². The number of aliphatic carboxylic acids is 1. The zero-order valence-electron chi connectivity index (χ0n) is 9.81. The van der Waals surface area contributed by atoms with E-state index in [1.165, 1.54) is 11.8 Å². The highest BCUT2D eigenvalue weighted by Crippen LogP contribution is 2.23. The third-order valence-corrected chi connectivity index (χ3v) is 4.34. The molecule has 0 aliphatic carbocycles. The molecule has 0 saturated heterocycles. The molecule has 0 radical (unpaired) electrons. The molecule has 0 saturated carbocycles. The van der Waals surface area contributed by atoms with Crippen LogP contribution in [-0.4, -0.2) is 31.4 Å². The minimum absolute atomic E-state index is 0.0304. The topological polar surface area (TPSA) is 68.0 Å². The van der Waals surface area contributed by atoms with Gasteiger partial charge in [0, 0.05) is 36.4 Å². The summed E-state index contributed by atoms with van der Waals surface area (Å²) in [5.41, 5.74) is 0. The van der Waals surface area contributed by atoms with E-state index in [2.05, 4.69) is 16.9 Å². The van der Waals surface area contributed by atoms with Crippen LogP contribution in [0.5, 0.6) is 0 Å².